The first-order valence-electron chi connectivity index (χ1n) is 5.92. The van der Waals surface area contributed by atoms with Crippen molar-refractivity contribution in [2.75, 3.05) is 0 Å². The van der Waals surface area contributed by atoms with E-state index in [-0.39, 0.29) is 5.97 Å². The Morgan fingerprint density at radius 3 is 2.39 bits per heavy atom. The van der Waals surface area contributed by atoms with Crippen LogP contribution in [0.5, 0.6) is 0 Å². The third-order valence-corrected chi connectivity index (χ3v) is 2.38. The Morgan fingerprint density at radius 1 is 1.11 bits per heavy atom. The van der Waals surface area contributed by atoms with E-state index < -0.39 is 5.60 Å². The van der Waals surface area contributed by atoms with Gasteiger partial charge in [-0.05, 0) is 51.1 Å². The molecule has 1 aromatic heterocycles. The SMILES string of the molecule is CC(C)(C)OC(=O)c1cccc(-n2cccc2)c1. The molecule has 0 amide bonds. The predicted molar refractivity (Wildman–Crippen MR) is 70.9 cm³/mol. The molecular formula is C15H17NO2. The molecule has 0 atom stereocenters. The molecular weight excluding hydrogens is 226 g/mol. The molecule has 1 heterocycles. The second-order valence-corrected chi connectivity index (χ2v) is 5.14. The maximum atomic E-state index is 12.0. The Hall–Kier alpha value is -2.03. The second kappa shape index (κ2) is 4.69. The number of nitrogens with zero attached hydrogens (tertiary/aromatic N) is 1. The van der Waals surface area contributed by atoms with E-state index in [2.05, 4.69) is 0 Å². The lowest BCUT2D eigenvalue weighted by atomic mass is 10.1. The lowest BCUT2D eigenvalue weighted by molar-refractivity contribution is 0.00695. The Balaban J connectivity index is 2.25. The van der Waals surface area contributed by atoms with Crippen LogP contribution in [0, 0.1) is 0 Å². The zero-order chi connectivity index (χ0) is 13.2. The zero-order valence-electron chi connectivity index (χ0n) is 10.9. The van der Waals surface area contributed by atoms with Gasteiger partial charge in [-0.25, -0.2) is 4.79 Å². The average molecular weight is 243 g/mol. The number of aromatic nitrogens is 1. The minimum Gasteiger partial charge on any atom is -0.456 e. The molecule has 1 aromatic carbocycles. The molecule has 2 aromatic rings. The van der Waals surface area contributed by atoms with E-state index in [4.69, 9.17) is 4.74 Å². The molecule has 0 radical (unpaired) electrons. The van der Waals surface area contributed by atoms with E-state index in [1.165, 1.54) is 0 Å². The van der Waals surface area contributed by atoms with Gasteiger partial charge >= 0.3 is 5.97 Å². The number of ether oxygens (including phenoxy) is 1. The monoisotopic (exact) mass is 243 g/mol. The number of benzene rings is 1. The van der Waals surface area contributed by atoms with Crippen molar-refractivity contribution in [2.24, 2.45) is 0 Å². The number of esters is 1. The van der Waals surface area contributed by atoms with Crippen molar-refractivity contribution in [3.05, 3.63) is 54.4 Å². The maximum Gasteiger partial charge on any atom is 0.338 e. The van der Waals surface area contributed by atoms with Crippen LogP contribution in [-0.4, -0.2) is 16.1 Å². The molecule has 0 saturated heterocycles. The van der Waals surface area contributed by atoms with Gasteiger partial charge in [-0.2, -0.15) is 0 Å². The summed E-state index contributed by atoms with van der Waals surface area (Å²) in [7, 11) is 0. The predicted octanol–water partition coefficient (Wildman–Crippen LogP) is 3.43. The molecule has 0 saturated carbocycles. The summed E-state index contributed by atoms with van der Waals surface area (Å²) in [4.78, 5) is 12.0. The molecule has 0 N–H and O–H groups in total. The van der Waals surface area contributed by atoms with Crippen LogP contribution in [0.25, 0.3) is 5.69 Å². The molecule has 0 aliphatic heterocycles. The summed E-state index contributed by atoms with van der Waals surface area (Å²) < 4.78 is 7.30. The molecule has 3 nitrogen and oxygen atoms in total. The van der Waals surface area contributed by atoms with Gasteiger partial charge in [0.15, 0.2) is 0 Å². The summed E-state index contributed by atoms with van der Waals surface area (Å²) in [6.45, 7) is 5.59. The Bertz CT molecular complexity index is 536. The molecule has 0 spiro atoms. The molecule has 0 aliphatic carbocycles. The highest BCUT2D eigenvalue weighted by molar-refractivity contribution is 5.90. The Morgan fingerprint density at radius 2 is 1.78 bits per heavy atom. The smallest absolute Gasteiger partial charge is 0.338 e. The number of hydrogen-bond donors (Lipinski definition) is 0. The molecule has 0 aliphatic rings. The van der Waals surface area contributed by atoms with E-state index >= 15 is 0 Å². The second-order valence-electron chi connectivity index (χ2n) is 5.14. The van der Waals surface area contributed by atoms with Gasteiger partial charge in [0.1, 0.15) is 5.60 Å². The van der Waals surface area contributed by atoms with Crippen molar-refractivity contribution in [3.63, 3.8) is 0 Å². The van der Waals surface area contributed by atoms with Crippen LogP contribution in [-0.2, 0) is 4.74 Å². The summed E-state index contributed by atoms with van der Waals surface area (Å²) in [5.41, 5.74) is 1.04. The summed E-state index contributed by atoms with van der Waals surface area (Å²) in [6, 6.07) is 11.3. The fourth-order valence-corrected chi connectivity index (χ4v) is 1.64. The van der Waals surface area contributed by atoms with Gasteiger partial charge in [0.25, 0.3) is 0 Å². The van der Waals surface area contributed by atoms with Crippen molar-refractivity contribution >= 4 is 5.97 Å². The van der Waals surface area contributed by atoms with E-state index in [1.807, 2.05) is 68.1 Å². The Labute approximate surface area is 107 Å². The fourth-order valence-electron chi connectivity index (χ4n) is 1.64. The van der Waals surface area contributed by atoms with Crippen LogP contribution in [0.3, 0.4) is 0 Å². The normalized spacial score (nSPS) is 11.3. The van der Waals surface area contributed by atoms with Crippen LogP contribution in [0.4, 0.5) is 0 Å². The third-order valence-electron chi connectivity index (χ3n) is 2.38. The van der Waals surface area contributed by atoms with Gasteiger partial charge in [-0.3, -0.25) is 0 Å². The number of carbonyl (C=O) groups excluding carboxylic acids is 1. The van der Waals surface area contributed by atoms with E-state index in [0.717, 1.165) is 5.69 Å². The number of rotatable bonds is 2. The van der Waals surface area contributed by atoms with Crippen LogP contribution >= 0.6 is 0 Å². The van der Waals surface area contributed by atoms with Crippen molar-refractivity contribution < 1.29 is 9.53 Å². The topological polar surface area (TPSA) is 31.2 Å². The van der Waals surface area contributed by atoms with Gasteiger partial charge in [0.05, 0.1) is 5.56 Å². The minimum atomic E-state index is -0.472. The van der Waals surface area contributed by atoms with Crippen LogP contribution in [0.1, 0.15) is 31.1 Å². The van der Waals surface area contributed by atoms with Crippen molar-refractivity contribution in [3.8, 4) is 5.69 Å². The zero-order valence-corrected chi connectivity index (χ0v) is 10.9. The maximum absolute atomic E-state index is 12.0. The Kier molecular flexibility index (Phi) is 3.24. The first kappa shape index (κ1) is 12.4. The average Bonchev–Trinajstić information content (AvgIpc) is 2.80. The van der Waals surface area contributed by atoms with Gasteiger partial charge in [-0.1, -0.05) is 6.07 Å². The van der Waals surface area contributed by atoms with Crippen molar-refractivity contribution in [2.45, 2.75) is 26.4 Å². The summed E-state index contributed by atoms with van der Waals surface area (Å²) in [6.07, 6.45) is 3.88. The summed E-state index contributed by atoms with van der Waals surface area (Å²) in [5, 5.41) is 0. The molecule has 0 bridgehead atoms. The molecule has 94 valence electrons. The molecule has 0 unspecified atom stereocenters. The number of hydrogen-bond acceptors (Lipinski definition) is 2. The lowest BCUT2D eigenvalue weighted by Gasteiger charge is -2.19. The van der Waals surface area contributed by atoms with Gasteiger partial charge in [-0.15, -0.1) is 0 Å². The first-order chi connectivity index (χ1) is 8.46. The lowest BCUT2D eigenvalue weighted by Crippen LogP contribution is -2.23. The largest absolute Gasteiger partial charge is 0.456 e. The first-order valence-corrected chi connectivity index (χ1v) is 5.92. The summed E-state index contributed by atoms with van der Waals surface area (Å²) in [5.74, 6) is -0.295. The van der Waals surface area contributed by atoms with Crippen molar-refractivity contribution in [1.82, 2.24) is 4.57 Å². The highest BCUT2D eigenvalue weighted by Crippen LogP contribution is 2.15. The van der Waals surface area contributed by atoms with E-state index in [0.29, 0.717) is 5.56 Å². The van der Waals surface area contributed by atoms with Gasteiger partial charge < -0.3 is 9.30 Å². The molecule has 0 fully saturated rings. The molecule has 18 heavy (non-hydrogen) atoms. The standard InChI is InChI=1S/C15H17NO2/c1-15(2,3)18-14(17)12-7-6-8-13(11-12)16-9-4-5-10-16/h4-11H,1-3H3. The quantitative estimate of drug-likeness (QED) is 0.757. The van der Waals surface area contributed by atoms with Crippen LogP contribution in [0.15, 0.2) is 48.8 Å². The van der Waals surface area contributed by atoms with Gasteiger partial charge in [0, 0.05) is 18.1 Å². The fraction of sp³-hybridized carbons (Fsp3) is 0.267. The highest BCUT2D eigenvalue weighted by Gasteiger charge is 2.17. The number of carbonyl (C=O) groups is 1. The van der Waals surface area contributed by atoms with Gasteiger partial charge in [0.2, 0.25) is 0 Å². The summed E-state index contributed by atoms with van der Waals surface area (Å²) >= 11 is 0. The van der Waals surface area contributed by atoms with Crippen LogP contribution < -0.4 is 0 Å². The molecule has 2 rings (SSSR count). The minimum absolute atomic E-state index is 0.295. The highest BCUT2D eigenvalue weighted by atomic mass is 16.6. The van der Waals surface area contributed by atoms with E-state index in [9.17, 15) is 4.79 Å². The van der Waals surface area contributed by atoms with E-state index in [1.54, 1.807) is 6.07 Å². The van der Waals surface area contributed by atoms with Crippen LogP contribution in [0.2, 0.25) is 0 Å². The van der Waals surface area contributed by atoms with Crippen molar-refractivity contribution in [1.29, 1.82) is 0 Å². The molecule has 3 heteroatoms. The third kappa shape index (κ3) is 3.00.